The highest BCUT2D eigenvalue weighted by Crippen LogP contribution is 2.22. The molecule has 0 bridgehead atoms. The molecular formula is C18H17ClN2O2. The van der Waals surface area contributed by atoms with E-state index in [0.717, 1.165) is 22.2 Å². The van der Waals surface area contributed by atoms with Crippen LogP contribution in [0.5, 0.6) is 5.75 Å². The Morgan fingerprint density at radius 1 is 1.22 bits per heavy atom. The second kappa shape index (κ2) is 6.34. The molecule has 0 unspecified atom stereocenters. The Labute approximate surface area is 139 Å². The quantitative estimate of drug-likeness (QED) is 0.792. The van der Waals surface area contributed by atoms with E-state index in [1.165, 1.54) is 0 Å². The molecule has 3 rings (SSSR count). The molecule has 0 spiro atoms. The van der Waals surface area contributed by atoms with Gasteiger partial charge in [-0.2, -0.15) is 0 Å². The number of aromatic nitrogens is 1. The van der Waals surface area contributed by atoms with E-state index >= 15 is 0 Å². The van der Waals surface area contributed by atoms with Gasteiger partial charge in [-0.25, -0.2) is 0 Å². The molecule has 0 fully saturated rings. The highest BCUT2D eigenvalue weighted by molar-refractivity contribution is 6.31. The molecule has 0 aliphatic carbocycles. The Bertz CT molecular complexity index is 871. The van der Waals surface area contributed by atoms with Gasteiger partial charge >= 0.3 is 0 Å². The summed E-state index contributed by atoms with van der Waals surface area (Å²) < 4.78 is 7.04. The number of methoxy groups -OCH3 is 1. The molecule has 118 valence electrons. The lowest BCUT2D eigenvalue weighted by atomic mass is 10.2. The van der Waals surface area contributed by atoms with E-state index in [1.807, 2.05) is 60.1 Å². The fraction of sp³-hybridized carbons (Fsp3) is 0.167. The summed E-state index contributed by atoms with van der Waals surface area (Å²) in [7, 11) is 3.48. The van der Waals surface area contributed by atoms with Crippen LogP contribution in [0, 0.1) is 0 Å². The summed E-state index contributed by atoms with van der Waals surface area (Å²) in [5, 5.41) is 4.58. The summed E-state index contributed by atoms with van der Waals surface area (Å²) in [6.45, 7) is 0.443. The number of halogens is 1. The zero-order valence-electron chi connectivity index (χ0n) is 13.0. The van der Waals surface area contributed by atoms with Gasteiger partial charge in [0.15, 0.2) is 0 Å². The van der Waals surface area contributed by atoms with Crippen LogP contribution in [0.4, 0.5) is 0 Å². The zero-order chi connectivity index (χ0) is 16.4. The largest absolute Gasteiger partial charge is 0.497 e. The third-order valence-corrected chi connectivity index (χ3v) is 4.06. The standard InChI is InChI=1S/C18H17ClN2O2/c1-21-16-10-14(19)7-6-13(16)9-17(21)18(22)20-11-12-4-3-5-15(8-12)23-2/h3-10H,11H2,1-2H3,(H,20,22). The van der Waals surface area contributed by atoms with E-state index in [2.05, 4.69) is 5.32 Å². The number of hydrogen-bond acceptors (Lipinski definition) is 2. The normalized spacial score (nSPS) is 10.7. The number of rotatable bonds is 4. The van der Waals surface area contributed by atoms with E-state index in [4.69, 9.17) is 16.3 Å². The van der Waals surface area contributed by atoms with Crippen LogP contribution in [0.15, 0.2) is 48.5 Å². The fourth-order valence-electron chi connectivity index (χ4n) is 2.58. The highest BCUT2D eigenvalue weighted by atomic mass is 35.5. The smallest absolute Gasteiger partial charge is 0.268 e. The van der Waals surface area contributed by atoms with E-state index in [0.29, 0.717) is 17.3 Å². The van der Waals surface area contributed by atoms with Crippen LogP contribution >= 0.6 is 11.6 Å². The summed E-state index contributed by atoms with van der Waals surface area (Å²) in [5.41, 5.74) is 2.52. The molecule has 0 aliphatic rings. The number of carbonyl (C=O) groups excluding carboxylic acids is 1. The molecule has 0 saturated carbocycles. The van der Waals surface area contributed by atoms with Gasteiger partial charge in [-0.3, -0.25) is 4.79 Å². The van der Waals surface area contributed by atoms with Crippen molar-refractivity contribution in [3.8, 4) is 5.75 Å². The van der Waals surface area contributed by atoms with Crippen LogP contribution < -0.4 is 10.1 Å². The molecule has 1 heterocycles. The Kier molecular flexibility index (Phi) is 4.26. The monoisotopic (exact) mass is 328 g/mol. The minimum atomic E-state index is -0.123. The zero-order valence-corrected chi connectivity index (χ0v) is 13.7. The average Bonchev–Trinajstić information content (AvgIpc) is 2.89. The summed E-state index contributed by atoms with van der Waals surface area (Å²) in [4.78, 5) is 12.5. The van der Waals surface area contributed by atoms with Crippen LogP contribution in [-0.2, 0) is 13.6 Å². The van der Waals surface area contributed by atoms with E-state index in [9.17, 15) is 4.79 Å². The summed E-state index contributed by atoms with van der Waals surface area (Å²) in [6, 6.07) is 15.1. The molecule has 0 aliphatic heterocycles. The van der Waals surface area contributed by atoms with Crippen molar-refractivity contribution < 1.29 is 9.53 Å². The van der Waals surface area contributed by atoms with Crippen molar-refractivity contribution in [3.63, 3.8) is 0 Å². The molecule has 0 radical (unpaired) electrons. The predicted molar refractivity (Wildman–Crippen MR) is 92.1 cm³/mol. The van der Waals surface area contributed by atoms with Gasteiger partial charge in [-0.1, -0.05) is 29.8 Å². The lowest BCUT2D eigenvalue weighted by molar-refractivity contribution is 0.0943. The van der Waals surface area contributed by atoms with Crippen LogP contribution in [0.25, 0.3) is 10.9 Å². The van der Waals surface area contributed by atoms with Gasteiger partial charge in [0.05, 0.1) is 7.11 Å². The van der Waals surface area contributed by atoms with E-state index < -0.39 is 0 Å². The summed E-state index contributed by atoms with van der Waals surface area (Å²) in [6.07, 6.45) is 0. The Morgan fingerprint density at radius 3 is 2.83 bits per heavy atom. The number of nitrogens with one attached hydrogen (secondary N) is 1. The maximum Gasteiger partial charge on any atom is 0.268 e. The van der Waals surface area contributed by atoms with Crippen LogP contribution in [0.3, 0.4) is 0 Å². The number of benzene rings is 2. The Balaban J connectivity index is 1.79. The van der Waals surface area contributed by atoms with E-state index in [-0.39, 0.29) is 5.91 Å². The maximum atomic E-state index is 12.5. The van der Waals surface area contributed by atoms with Crippen molar-refractivity contribution in [1.82, 2.24) is 9.88 Å². The van der Waals surface area contributed by atoms with Gasteiger partial charge in [0.2, 0.25) is 0 Å². The van der Waals surface area contributed by atoms with Crippen LogP contribution in [0.1, 0.15) is 16.1 Å². The number of ether oxygens (including phenoxy) is 1. The van der Waals surface area contributed by atoms with Crippen LogP contribution in [0.2, 0.25) is 5.02 Å². The molecule has 3 aromatic rings. The predicted octanol–water partition coefficient (Wildman–Crippen LogP) is 3.77. The third-order valence-electron chi connectivity index (χ3n) is 3.83. The molecular weight excluding hydrogens is 312 g/mol. The summed E-state index contributed by atoms with van der Waals surface area (Å²) in [5.74, 6) is 0.652. The number of hydrogen-bond donors (Lipinski definition) is 1. The third kappa shape index (κ3) is 3.17. The van der Waals surface area contributed by atoms with Crippen LogP contribution in [-0.4, -0.2) is 17.6 Å². The van der Waals surface area contributed by atoms with Gasteiger partial charge < -0.3 is 14.6 Å². The van der Waals surface area contributed by atoms with Crippen molar-refractivity contribution in [3.05, 3.63) is 64.8 Å². The minimum absolute atomic E-state index is 0.123. The molecule has 1 N–H and O–H groups in total. The number of nitrogens with zero attached hydrogens (tertiary/aromatic N) is 1. The van der Waals surface area contributed by atoms with Crippen molar-refractivity contribution in [1.29, 1.82) is 0 Å². The number of fused-ring (bicyclic) bond motifs is 1. The first-order valence-electron chi connectivity index (χ1n) is 7.24. The average molecular weight is 329 g/mol. The molecule has 2 aromatic carbocycles. The summed E-state index contributed by atoms with van der Waals surface area (Å²) >= 11 is 6.02. The number of amides is 1. The number of carbonyl (C=O) groups is 1. The molecule has 0 saturated heterocycles. The van der Waals surface area contributed by atoms with Gasteiger partial charge in [0, 0.05) is 29.5 Å². The van der Waals surface area contributed by atoms with Crippen molar-refractivity contribution in [2.45, 2.75) is 6.54 Å². The SMILES string of the molecule is COc1cccc(CNC(=O)c2cc3ccc(Cl)cc3n2C)c1. The number of aryl methyl sites for hydroxylation is 1. The lowest BCUT2D eigenvalue weighted by Gasteiger charge is -2.08. The first-order valence-corrected chi connectivity index (χ1v) is 7.62. The minimum Gasteiger partial charge on any atom is -0.497 e. The molecule has 4 nitrogen and oxygen atoms in total. The maximum absolute atomic E-state index is 12.5. The molecule has 5 heteroatoms. The molecule has 0 atom stereocenters. The Morgan fingerprint density at radius 2 is 2.04 bits per heavy atom. The highest BCUT2D eigenvalue weighted by Gasteiger charge is 2.13. The van der Waals surface area contributed by atoms with Crippen molar-refractivity contribution >= 4 is 28.4 Å². The molecule has 1 amide bonds. The second-order valence-electron chi connectivity index (χ2n) is 5.33. The van der Waals surface area contributed by atoms with Gasteiger partial charge in [-0.15, -0.1) is 0 Å². The van der Waals surface area contributed by atoms with Gasteiger partial charge in [0.25, 0.3) is 5.91 Å². The second-order valence-corrected chi connectivity index (χ2v) is 5.76. The van der Waals surface area contributed by atoms with E-state index in [1.54, 1.807) is 7.11 Å². The Hall–Kier alpha value is -2.46. The molecule has 1 aromatic heterocycles. The first kappa shape index (κ1) is 15.4. The lowest BCUT2D eigenvalue weighted by Crippen LogP contribution is -2.24. The van der Waals surface area contributed by atoms with Crippen molar-refractivity contribution in [2.24, 2.45) is 7.05 Å². The fourth-order valence-corrected chi connectivity index (χ4v) is 2.74. The first-order chi connectivity index (χ1) is 11.1. The van der Waals surface area contributed by atoms with Gasteiger partial charge in [-0.05, 0) is 35.9 Å². The topological polar surface area (TPSA) is 43.3 Å². The van der Waals surface area contributed by atoms with Gasteiger partial charge in [0.1, 0.15) is 11.4 Å². The molecule has 23 heavy (non-hydrogen) atoms. The van der Waals surface area contributed by atoms with Crippen molar-refractivity contribution in [2.75, 3.05) is 7.11 Å².